The van der Waals surface area contributed by atoms with Crippen molar-refractivity contribution in [2.24, 2.45) is 0 Å². The number of aromatic nitrogens is 2. The van der Waals surface area contributed by atoms with Crippen molar-refractivity contribution in [1.82, 2.24) is 9.55 Å². The van der Waals surface area contributed by atoms with Crippen molar-refractivity contribution < 1.29 is 9.18 Å². The molecule has 19 heavy (non-hydrogen) atoms. The van der Waals surface area contributed by atoms with Crippen molar-refractivity contribution in [2.75, 3.05) is 11.1 Å². The molecule has 3 N–H and O–H groups in total. The third kappa shape index (κ3) is 2.29. The van der Waals surface area contributed by atoms with E-state index in [1.807, 2.05) is 4.57 Å². The van der Waals surface area contributed by atoms with Gasteiger partial charge in [-0.2, -0.15) is 0 Å². The topological polar surface area (TPSA) is 72.9 Å². The fourth-order valence-corrected chi connectivity index (χ4v) is 2.00. The molecule has 1 aliphatic carbocycles. The van der Waals surface area contributed by atoms with Crippen LogP contribution in [0, 0.1) is 5.82 Å². The average Bonchev–Trinajstić information content (AvgIpc) is 3.15. The molecule has 6 heteroatoms. The summed E-state index contributed by atoms with van der Waals surface area (Å²) in [7, 11) is 0. The molecule has 0 saturated heterocycles. The molecule has 2 aromatic heterocycles. The minimum atomic E-state index is -0.562. The van der Waals surface area contributed by atoms with Gasteiger partial charge in [0.05, 0.1) is 17.6 Å². The Hall–Kier alpha value is -2.37. The summed E-state index contributed by atoms with van der Waals surface area (Å²) in [4.78, 5) is 15.8. The highest BCUT2D eigenvalue weighted by Crippen LogP contribution is 2.37. The normalized spacial score (nSPS) is 14.4. The number of rotatable bonds is 3. The molecule has 2 heterocycles. The quantitative estimate of drug-likeness (QED) is 0.888. The number of halogens is 1. The van der Waals surface area contributed by atoms with E-state index in [1.165, 1.54) is 12.3 Å². The molecule has 1 aliphatic rings. The van der Waals surface area contributed by atoms with E-state index in [0.29, 0.717) is 17.4 Å². The SMILES string of the molecule is Nc1cc(C(=O)Nc2ccncc2F)n(C2CC2)c1. The van der Waals surface area contributed by atoms with Gasteiger partial charge in [-0.15, -0.1) is 0 Å². The molecule has 1 saturated carbocycles. The summed E-state index contributed by atoms with van der Waals surface area (Å²) in [6.45, 7) is 0. The van der Waals surface area contributed by atoms with Crippen LogP contribution in [0.15, 0.2) is 30.7 Å². The summed E-state index contributed by atoms with van der Waals surface area (Å²) < 4.78 is 15.3. The van der Waals surface area contributed by atoms with Crippen molar-refractivity contribution in [1.29, 1.82) is 0 Å². The average molecular weight is 260 g/mol. The third-order valence-corrected chi connectivity index (χ3v) is 3.06. The van der Waals surface area contributed by atoms with Crippen LogP contribution >= 0.6 is 0 Å². The summed E-state index contributed by atoms with van der Waals surface area (Å²) in [5.41, 5.74) is 6.82. The predicted octanol–water partition coefficient (Wildman–Crippen LogP) is 2.19. The van der Waals surface area contributed by atoms with Gasteiger partial charge in [-0.25, -0.2) is 4.39 Å². The summed E-state index contributed by atoms with van der Waals surface area (Å²) in [5.74, 6) is -0.929. The summed E-state index contributed by atoms with van der Waals surface area (Å²) in [5, 5.41) is 2.53. The maximum atomic E-state index is 13.4. The lowest BCUT2D eigenvalue weighted by Gasteiger charge is -2.08. The summed E-state index contributed by atoms with van der Waals surface area (Å²) in [6, 6.07) is 3.36. The standard InChI is InChI=1S/C13H13FN4O/c14-10-6-16-4-3-11(10)17-13(19)12-5-8(15)7-18(12)9-1-2-9/h3-7,9H,1-2,15H2,(H,16,17,19). The number of hydrogen-bond donors (Lipinski definition) is 2. The molecule has 0 unspecified atom stereocenters. The first-order valence-electron chi connectivity index (χ1n) is 6.03. The zero-order valence-corrected chi connectivity index (χ0v) is 10.1. The van der Waals surface area contributed by atoms with Crippen molar-refractivity contribution in [3.8, 4) is 0 Å². The maximum Gasteiger partial charge on any atom is 0.272 e. The molecule has 1 fully saturated rings. The van der Waals surface area contributed by atoms with Crippen LogP contribution in [0.4, 0.5) is 15.8 Å². The number of pyridine rings is 1. The van der Waals surface area contributed by atoms with Gasteiger partial charge in [0, 0.05) is 18.4 Å². The largest absolute Gasteiger partial charge is 0.397 e. The molecular formula is C13H13FN4O. The number of nitrogens with two attached hydrogens (primary N) is 1. The van der Waals surface area contributed by atoms with Crippen molar-refractivity contribution in [3.63, 3.8) is 0 Å². The van der Waals surface area contributed by atoms with Crippen LogP contribution < -0.4 is 11.1 Å². The van der Waals surface area contributed by atoms with Crippen molar-refractivity contribution in [2.45, 2.75) is 18.9 Å². The molecule has 5 nitrogen and oxygen atoms in total. The lowest BCUT2D eigenvalue weighted by Crippen LogP contribution is -2.17. The molecule has 0 atom stereocenters. The molecule has 0 aromatic carbocycles. The fourth-order valence-electron chi connectivity index (χ4n) is 2.00. The van der Waals surface area contributed by atoms with Gasteiger partial charge in [0.1, 0.15) is 5.69 Å². The van der Waals surface area contributed by atoms with Gasteiger partial charge in [0.2, 0.25) is 0 Å². The van der Waals surface area contributed by atoms with E-state index in [0.717, 1.165) is 19.0 Å². The van der Waals surface area contributed by atoms with Crippen LogP contribution in [0.25, 0.3) is 0 Å². The molecular weight excluding hydrogens is 247 g/mol. The molecule has 2 aromatic rings. The van der Waals surface area contributed by atoms with Crippen LogP contribution in [0.5, 0.6) is 0 Å². The van der Waals surface area contributed by atoms with Gasteiger partial charge in [-0.3, -0.25) is 9.78 Å². The Morgan fingerprint density at radius 3 is 3.00 bits per heavy atom. The minimum absolute atomic E-state index is 0.113. The van der Waals surface area contributed by atoms with Crippen LogP contribution in [0.3, 0.4) is 0 Å². The Bertz CT molecular complexity index is 633. The zero-order valence-electron chi connectivity index (χ0n) is 10.1. The molecule has 98 valence electrons. The first-order valence-corrected chi connectivity index (χ1v) is 6.03. The highest BCUT2D eigenvalue weighted by Gasteiger charge is 2.27. The number of anilines is 2. The zero-order chi connectivity index (χ0) is 13.4. The van der Waals surface area contributed by atoms with Crippen LogP contribution in [0.2, 0.25) is 0 Å². The van der Waals surface area contributed by atoms with Gasteiger partial charge >= 0.3 is 0 Å². The monoisotopic (exact) mass is 260 g/mol. The number of nitrogen functional groups attached to an aromatic ring is 1. The Balaban J connectivity index is 1.86. The number of nitrogens with zero attached hydrogens (tertiary/aromatic N) is 2. The van der Waals surface area contributed by atoms with E-state index in [9.17, 15) is 9.18 Å². The van der Waals surface area contributed by atoms with Gasteiger partial charge in [0.15, 0.2) is 5.82 Å². The van der Waals surface area contributed by atoms with Gasteiger partial charge < -0.3 is 15.6 Å². The summed E-state index contributed by atoms with van der Waals surface area (Å²) >= 11 is 0. The molecule has 0 bridgehead atoms. The van der Waals surface area contributed by atoms with Gasteiger partial charge in [0.25, 0.3) is 5.91 Å². The van der Waals surface area contributed by atoms with Gasteiger partial charge in [-0.05, 0) is 25.0 Å². The second-order valence-electron chi connectivity index (χ2n) is 4.61. The van der Waals surface area contributed by atoms with E-state index < -0.39 is 5.82 Å². The lowest BCUT2D eigenvalue weighted by atomic mass is 10.3. The number of carbonyl (C=O) groups excluding carboxylic acids is 1. The van der Waals surface area contributed by atoms with Crippen molar-refractivity contribution in [3.05, 3.63) is 42.2 Å². The Kier molecular flexibility index (Phi) is 2.70. The third-order valence-electron chi connectivity index (χ3n) is 3.06. The Labute approximate surface area is 109 Å². The number of hydrogen-bond acceptors (Lipinski definition) is 3. The second-order valence-corrected chi connectivity index (χ2v) is 4.61. The first-order chi connectivity index (χ1) is 9.15. The Morgan fingerprint density at radius 1 is 1.53 bits per heavy atom. The van der Waals surface area contributed by atoms with Crippen LogP contribution in [-0.2, 0) is 0 Å². The molecule has 3 rings (SSSR count). The second kappa shape index (κ2) is 4.38. The van der Waals surface area contributed by atoms with Crippen LogP contribution in [0.1, 0.15) is 29.4 Å². The maximum absolute atomic E-state index is 13.4. The van der Waals surface area contributed by atoms with E-state index in [1.54, 1.807) is 12.3 Å². The molecule has 0 spiro atoms. The number of amides is 1. The minimum Gasteiger partial charge on any atom is -0.397 e. The number of carbonyl (C=O) groups is 1. The predicted molar refractivity (Wildman–Crippen MR) is 69.3 cm³/mol. The lowest BCUT2D eigenvalue weighted by molar-refractivity contribution is 0.101. The van der Waals surface area contributed by atoms with E-state index in [2.05, 4.69) is 10.3 Å². The van der Waals surface area contributed by atoms with E-state index in [-0.39, 0.29) is 11.6 Å². The highest BCUT2D eigenvalue weighted by atomic mass is 19.1. The smallest absolute Gasteiger partial charge is 0.272 e. The van der Waals surface area contributed by atoms with Crippen molar-refractivity contribution >= 4 is 17.3 Å². The molecule has 0 aliphatic heterocycles. The van der Waals surface area contributed by atoms with Gasteiger partial charge in [-0.1, -0.05) is 0 Å². The molecule has 1 amide bonds. The van der Waals surface area contributed by atoms with Crippen LogP contribution in [-0.4, -0.2) is 15.5 Å². The van der Waals surface area contributed by atoms with E-state index in [4.69, 9.17) is 5.73 Å². The fraction of sp³-hybridized carbons (Fsp3) is 0.231. The number of nitrogens with one attached hydrogen (secondary N) is 1. The first kappa shape index (κ1) is 11.7. The molecule has 0 radical (unpaired) electrons. The Morgan fingerprint density at radius 2 is 2.32 bits per heavy atom. The highest BCUT2D eigenvalue weighted by molar-refractivity contribution is 6.03. The summed E-state index contributed by atoms with van der Waals surface area (Å²) in [6.07, 6.45) is 6.31. The van der Waals surface area contributed by atoms with E-state index >= 15 is 0 Å².